The summed E-state index contributed by atoms with van der Waals surface area (Å²) >= 11 is 0. The Bertz CT molecular complexity index is 1710. The number of nitrogens with zero attached hydrogens (tertiary/aromatic N) is 1. The van der Waals surface area contributed by atoms with Crippen molar-refractivity contribution in [3.63, 3.8) is 0 Å². The van der Waals surface area contributed by atoms with Crippen LogP contribution in [0.15, 0.2) is 83.5 Å². The summed E-state index contributed by atoms with van der Waals surface area (Å²) in [6.07, 6.45) is 6.36. The number of benzene rings is 2. The molecule has 3 heterocycles. The van der Waals surface area contributed by atoms with Crippen LogP contribution in [0.1, 0.15) is 97.8 Å². The molecule has 0 radical (unpaired) electrons. The Morgan fingerprint density at radius 1 is 0.849 bits per heavy atom. The van der Waals surface area contributed by atoms with Gasteiger partial charge in [-0.15, -0.1) is 0 Å². The highest BCUT2D eigenvalue weighted by Gasteiger charge is 2.50. The summed E-state index contributed by atoms with van der Waals surface area (Å²) in [7, 11) is -8.38. The van der Waals surface area contributed by atoms with E-state index in [-0.39, 0.29) is 53.1 Å². The van der Waals surface area contributed by atoms with Gasteiger partial charge in [-0.05, 0) is 59.2 Å². The smallest absolute Gasteiger partial charge is 0.264 e. The molecule has 0 bridgehead atoms. The van der Waals surface area contributed by atoms with Crippen molar-refractivity contribution in [2.75, 3.05) is 12.9 Å². The van der Waals surface area contributed by atoms with E-state index in [1.54, 1.807) is 0 Å². The Morgan fingerprint density at radius 2 is 1.45 bits per heavy atom. The van der Waals surface area contributed by atoms with Crippen LogP contribution in [0.3, 0.4) is 0 Å². The van der Waals surface area contributed by atoms with Crippen LogP contribution in [0.2, 0.25) is 23.2 Å². The molecule has 0 amide bonds. The first-order valence-corrected chi connectivity index (χ1v) is 25.6. The summed E-state index contributed by atoms with van der Waals surface area (Å²) in [6, 6.07) is 21.5. The van der Waals surface area contributed by atoms with Crippen LogP contribution in [-0.2, 0) is 39.2 Å². The summed E-state index contributed by atoms with van der Waals surface area (Å²) in [5.41, 5.74) is 1.79. The van der Waals surface area contributed by atoms with Crippen molar-refractivity contribution >= 4 is 37.1 Å². The fraction of sp³-hybridized carbons (Fsp3) is 0.585. The first kappa shape index (κ1) is 41.7. The van der Waals surface area contributed by atoms with Crippen LogP contribution in [-0.4, -0.2) is 67.3 Å². The third kappa shape index (κ3) is 10.7. The van der Waals surface area contributed by atoms with E-state index in [9.17, 15) is 8.42 Å². The minimum Gasteiger partial charge on any atom is -0.446 e. The van der Waals surface area contributed by atoms with Gasteiger partial charge in [0.2, 0.25) is 5.89 Å². The average molecular weight is 784 g/mol. The molecule has 2 fully saturated rings. The fourth-order valence-corrected chi connectivity index (χ4v) is 13.8. The van der Waals surface area contributed by atoms with E-state index in [0.717, 1.165) is 31.9 Å². The van der Waals surface area contributed by atoms with E-state index < -0.39 is 26.8 Å². The van der Waals surface area contributed by atoms with Crippen molar-refractivity contribution < 1.29 is 35.3 Å². The fourth-order valence-electron chi connectivity index (χ4n) is 7.50. The van der Waals surface area contributed by atoms with Crippen LogP contribution >= 0.6 is 0 Å². The SMILES string of the molecule is C=C1C[C@H](C[C@@H]2C[C@H](O[Si](C)(C)C(C)(C)C)C[C@H](c3coc(COS(C)(=O)=O)n3)O2)O[C@@H](CCO[Si](c2ccccc2)(c2ccccc2)C(C)(C)C)C1. The Morgan fingerprint density at radius 3 is 2.02 bits per heavy atom. The van der Waals surface area contributed by atoms with E-state index in [4.69, 9.17) is 26.9 Å². The number of oxazole rings is 1. The van der Waals surface area contributed by atoms with Gasteiger partial charge in [-0.2, -0.15) is 8.42 Å². The largest absolute Gasteiger partial charge is 0.446 e. The van der Waals surface area contributed by atoms with Crippen LogP contribution in [0.4, 0.5) is 0 Å². The first-order valence-electron chi connectivity index (χ1n) is 18.9. The van der Waals surface area contributed by atoms with E-state index in [2.05, 4.69) is 127 Å². The lowest BCUT2D eigenvalue weighted by Crippen LogP contribution is -2.66. The summed E-state index contributed by atoms with van der Waals surface area (Å²) in [5, 5.41) is 2.49. The molecular formula is C41H61NO8SSi2. The standard InChI is InChI=1S/C41H61NO8SSi2/c1-30-23-31(21-22-47-53(41(5,6)7,35-17-13-11-14-18-35)36-19-15-12-16-20-36)48-32(24-30)25-33-26-34(50-52(9,10)40(2,3)4)27-38(49-33)37-28-45-39(42-37)29-46-51(8,43)44/h11-20,28,31-34,38H,1,21-27,29H2,2-10H3/t31-,32+,33+,34-,38+/m0/s1. The van der Waals surface area contributed by atoms with Crippen molar-refractivity contribution in [3.05, 3.63) is 90.7 Å². The van der Waals surface area contributed by atoms with Gasteiger partial charge in [0.25, 0.3) is 18.4 Å². The molecule has 2 saturated heterocycles. The maximum absolute atomic E-state index is 11.6. The Kier molecular flexibility index (Phi) is 13.2. The molecule has 9 nitrogen and oxygen atoms in total. The molecule has 5 rings (SSSR count). The van der Waals surface area contributed by atoms with E-state index in [1.165, 1.54) is 22.2 Å². The predicted octanol–water partition coefficient (Wildman–Crippen LogP) is 8.22. The first-order chi connectivity index (χ1) is 24.8. The molecule has 0 aliphatic carbocycles. The molecule has 53 heavy (non-hydrogen) atoms. The monoisotopic (exact) mass is 783 g/mol. The number of hydrogen-bond donors (Lipinski definition) is 0. The van der Waals surface area contributed by atoms with Crippen LogP contribution in [0.25, 0.3) is 0 Å². The van der Waals surface area contributed by atoms with Crippen molar-refractivity contribution in [1.29, 1.82) is 0 Å². The molecule has 1 aromatic heterocycles. The van der Waals surface area contributed by atoms with Gasteiger partial charge < -0.3 is 22.7 Å². The normalized spacial score (nSPS) is 23.6. The zero-order valence-electron chi connectivity index (χ0n) is 33.2. The van der Waals surface area contributed by atoms with Gasteiger partial charge in [0, 0.05) is 19.4 Å². The molecule has 0 N–H and O–H groups in total. The summed E-state index contributed by atoms with van der Waals surface area (Å²) < 4.78 is 61.3. The average Bonchev–Trinajstić information content (AvgIpc) is 3.54. The minimum absolute atomic E-state index is 0.00826. The number of rotatable bonds is 14. The quantitative estimate of drug-likeness (QED) is 0.0909. The van der Waals surface area contributed by atoms with Gasteiger partial charge in [-0.1, -0.05) is 114 Å². The molecule has 3 aromatic rings. The third-order valence-electron chi connectivity index (χ3n) is 11.0. The lowest BCUT2D eigenvalue weighted by molar-refractivity contribution is -0.126. The van der Waals surface area contributed by atoms with Gasteiger partial charge in [-0.3, -0.25) is 4.18 Å². The van der Waals surface area contributed by atoms with Crippen molar-refractivity contribution in [3.8, 4) is 0 Å². The number of hydrogen-bond acceptors (Lipinski definition) is 9. The Balaban J connectivity index is 1.29. The molecule has 292 valence electrons. The van der Waals surface area contributed by atoms with Crippen molar-refractivity contribution in [1.82, 2.24) is 4.98 Å². The molecule has 2 aromatic carbocycles. The zero-order valence-corrected chi connectivity index (χ0v) is 36.0. The zero-order chi connectivity index (χ0) is 38.7. The van der Waals surface area contributed by atoms with E-state index >= 15 is 0 Å². The molecule has 5 atom stereocenters. The third-order valence-corrected chi connectivity index (χ3v) is 21.2. The van der Waals surface area contributed by atoms with Crippen molar-refractivity contribution in [2.24, 2.45) is 0 Å². The summed E-state index contributed by atoms with van der Waals surface area (Å²) in [5.74, 6) is 0.188. The van der Waals surface area contributed by atoms with Gasteiger partial charge in [0.1, 0.15) is 24.7 Å². The molecule has 12 heteroatoms. The lowest BCUT2D eigenvalue weighted by atomic mass is 9.91. The molecule has 0 saturated carbocycles. The Hall–Kier alpha value is -2.43. The van der Waals surface area contributed by atoms with Crippen LogP contribution in [0, 0.1) is 0 Å². The maximum Gasteiger partial charge on any atom is 0.264 e. The molecular weight excluding hydrogens is 723 g/mol. The lowest BCUT2D eigenvalue weighted by Gasteiger charge is -2.44. The number of aromatic nitrogens is 1. The molecule has 0 unspecified atom stereocenters. The second kappa shape index (κ2) is 16.7. The highest BCUT2D eigenvalue weighted by atomic mass is 32.2. The molecule has 2 aliphatic rings. The van der Waals surface area contributed by atoms with Gasteiger partial charge in [-0.25, -0.2) is 4.98 Å². The van der Waals surface area contributed by atoms with Crippen LogP contribution in [0.5, 0.6) is 0 Å². The number of ether oxygens (including phenoxy) is 2. The Labute approximate surface area is 320 Å². The van der Waals surface area contributed by atoms with E-state index in [0.29, 0.717) is 25.1 Å². The highest BCUT2D eigenvalue weighted by Crippen LogP contribution is 2.43. The van der Waals surface area contributed by atoms with Crippen LogP contribution < -0.4 is 10.4 Å². The summed E-state index contributed by atoms with van der Waals surface area (Å²) in [6.45, 7) is 23.0. The summed E-state index contributed by atoms with van der Waals surface area (Å²) in [4.78, 5) is 4.56. The highest BCUT2D eigenvalue weighted by molar-refractivity contribution is 7.85. The topological polar surface area (TPSA) is 106 Å². The predicted molar refractivity (Wildman–Crippen MR) is 215 cm³/mol. The van der Waals surface area contributed by atoms with Gasteiger partial charge in [0.15, 0.2) is 8.32 Å². The van der Waals surface area contributed by atoms with Gasteiger partial charge in [0.05, 0.1) is 30.7 Å². The van der Waals surface area contributed by atoms with Gasteiger partial charge >= 0.3 is 0 Å². The molecule has 2 aliphatic heterocycles. The second-order valence-electron chi connectivity index (χ2n) is 17.4. The molecule has 0 spiro atoms. The second-order valence-corrected chi connectivity index (χ2v) is 28.1. The van der Waals surface area contributed by atoms with E-state index in [1.807, 2.05) is 0 Å². The maximum atomic E-state index is 11.6. The minimum atomic E-state index is -3.63. The van der Waals surface area contributed by atoms with Crippen molar-refractivity contribution in [2.45, 2.75) is 140 Å².